The van der Waals surface area contributed by atoms with E-state index in [1.54, 1.807) is 0 Å². The van der Waals surface area contributed by atoms with Gasteiger partial charge in [-0.25, -0.2) is 4.79 Å². The van der Waals surface area contributed by atoms with Crippen molar-refractivity contribution < 1.29 is 23.9 Å². The van der Waals surface area contributed by atoms with Crippen LogP contribution in [0.1, 0.15) is 36.0 Å². The largest absolute Gasteiger partial charge is 0.480 e. The number of carboxylic acid groups (broad SMARTS) is 1. The Morgan fingerprint density at radius 2 is 2.10 bits per heavy atom. The van der Waals surface area contributed by atoms with Crippen LogP contribution in [0.3, 0.4) is 0 Å². The normalized spacial score (nSPS) is 16.0. The molecule has 2 rings (SSSR count). The highest BCUT2D eigenvalue weighted by atomic mass is 16.4. The van der Waals surface area contributed by atoms with Crippen LogP contribution >= 0.6 is 0 Å². The predicted octanol–water partition coefficient (Wildman–Crippen LogP) is 0.523. The van der Waals surface area contributed by atoms with Gasteiger partial charge in [0.05, 0.1) is 11.8 Å². The summed E-state index contributed by atoms with van der Waals surface area (Å²) in [6.45, 7) is 0.144. The van der Waals surface area contributed by atoms with E-state index < -0.39 is 11.5 Å². The zero-order valence-corrected chi connectivity index (χ0v) is 10.8. The number of carboxylic acids is 1. The Labute approximate surface area is 115 Å². The van der Waals surface area contributed by atoms with Gasteiger partial charge in [0, 0.05) is 13.0 Å². The van der Waals surface area contributed by atoms with Crippen LogP contribution in [0.5, 0.6) is 0 Å². The van der Waals surface area contributed by atoms with E-state index >= 15 is 0 Å². The molecule has 1 fully saturated rings. The quantitative estimate of drug-likeness (QED) is 0.704. The van der Waals surface area contributed by atoms with E-state index in [1.165, 1.54) is 18.6 Å². The minimum atomic E-state index is -1.11. The van der Waals surface area contributed by atoms with Crippen LogP contribution in [0.2, 0.25) is 0 Å². The molecule has 0 spiro atoms. The molecule has 1 aromatic rings. The third-order valence-corrected chi connectivity index (χ3v) is 3.42. The summed E-state index contributed by atoms with van der Waals surface area (Å²) in [5, 5.41) is 14.2. The third kappa shape index (κ3) is 2.98. The molecule has 1 aromatic heterocycles. The lowest BCUT2D eigenvalue weighted by molar-refractivity contribution is -0.151. The second-order valence-corrected chi connectivity index (χ2v) is 4.81. The molecule has 1 heterocycles. The number of aliphatic carboxylic acids is 1. The highest BCUT2D eigenvalue weighted by Crippen LogP contribution is 2.31. The number of hydrogen-bond acceptors (Lipinski definition) is 4. The maximum absolute atomic E-state index is 11.7. The van der Waals surface area contributed by atoms with E-state index in [9.17, 15) is 14.4 Å². The van der Waals surface area contributed by atoms with Crippen molar-refractivity contribution in [2.75, 3.05) is 6.54 Å². The fourth-order valence-electron chi connectivity index (χ4n) is 2.04. The molecule has 1 aliphatic rings. The Kier molecular flexibility index (Phi) is 4.07. The van der Waals surface area contributed by atoms with Crippen molar-refractivity contribution in [2.24, 2.45) is 0 Å². The SMILES string of the molecule is O=C(CCNC(=O)c1ccoc1)NC1(C(=O)O)CCC1. The number of nitrogens with one attached hydrogen (secondary N) is 2. The lowest BCUT2D eigenvalue weighted by Crippen LogP contribution is -2.59. The van der Waals surface area contributed by atoms with Crippen molar-refractivity contribution in [2.45, 2.75) is 31.2 Å². The van der Waals surface area contributed by atoms with Gasteiger partial charge in [0.25, 0.3) is 5.91 Å². The van der Waals surface area contributed by atoms with Gasteiger partial charge in [0.1, 0.15) is 11.8 Å². The van der Waals surface area contributed by atoms with Crippen molar-refractivity contribution in [1.29, 1.82) is 0 Å². The molecule has 2 amide bonds. The summed E-state index contributed by atoms with van der Waals surface area (Å²) in [5.74, 6) is -1.71. The van der Waals surface area contributed by atoms with Crippen LogP contribution < -0.4 is 10.6 Å². The van der Waals surface area contributed by atoms with Crippen LogP contribution in [0.4, 0.5) is 0 Å². The van der Waals surface area contributed by atoms with E-state index in [0.717, 1.165) is 6.42 Å². The highest BCUT2D eigenvalue weighted by molar-refractivity contribution is 5.94. The van der Waals surface area contributed by atoms with Crippen LogP contribution in [0.25, 0.3) is 0 Å². The molecule has 7 heteroatoms. The molecular weight excluding hydrogens is 264 g/mol. The highest BCUT2D eigenvalue weighted by Gasteiger charge is 2.45. The number of furan rings is 1. The standard InChI is InChI=1S/C13H16N2O5/c16-10(15-13(12(18)19)4-1-5-13)2-6-14-11(17)9-3-7-20-8-9/h3,7-8H,1-2,4-6H2,(H,14,17)(H,15,16)(H,18,19). The Hall–Kier alpha value is -2.31. The van der Waals surface area contributed by atoms with E-state index in [-0.39, 0.29) is 24.8 Å². The van der Waals surface area contributed by atoms with E-state index in [2.05, 4.69) is 10.6 Å². The van der Waals surface area contributed by atoms with Gasteiger partial charge in [0.15, 0.2) is 0 Å². The molecule has 0 aliphatic heterocycles. The lowest BCUT2D eigenvalue weighted by atomic mass is 9.76. The van der Waals surface area contributed by atoms with Crippen LogP contribution in [0, 0.1) is 0 Å². The van der Waals surface area contributed by atoms with Gasteiger partial charge >= 0.3 is 5.97 Å². The molecular formula is C13H16N2O5. The average Bonchev–Trinajstić information content (AvgIpc) is 2.87. The smallest absolute Gasteiger partial charge is 0.329 e. The molecule has 0 unspecified atom stereocenters. The molecule has 0 atom stereocenters. The third-order valence-electron chi connectivity index (χ3n) is 3.42. The summed E-state index contributed by atoms with van der Waals surface area (Å²) in [6, 6.07) is 1.52. The van der Waals surface area contributed by atoms with Gasteiger partial charge in [-0.3, -0.25) is 9.59 Å². The minimum absolute atomic E-state index is 0.0403. The van der Waals surface area contributed by atoms with Crippen LogP contribution in [0.15, 0.2) is 23.0 Å². The summed E-state index contributed by atoms with van der Waals surface area (Å²) in [4.78, 5) is 34.3. The van der Waals surface area contributed by atoms with Gasteiger partial charge in [-0.2, -0.15) is 0 Å². The van der Waals surface area contributed by atoms with Crippen molar-refractivity contribution in [1.82, 2.24) is 10.6 Å². The maximum atomic E-state index is 11.7. The molecule has 0 radical (unpaired) electrons. The molecule has 1 saturated carbocycles. The van der Waals surface area contributed by atoms with E-state index in [1.807, 2.05) is 0 Å². The van der Waals surface area contributed by atoms with E-state index in [0.29, 0.717) is 18.4 Å². The number of carbonyl (C=O) groups is 3. The van der Waals surface area contributed by atoms with Gasteiger partial charge in [0.2, 0.25) is 5.91 Å². The number of amides is 2. The molecule has 3 N–H and O–H groups in total. The molecule has 7 nitrogen and oxygen atoms in total. The molecule has 1 aliphatic carbocycles. The molecule has 0 bridgehead atoms. The summed E-state index contributed by atoms with van der Waals surface area (Å²) in [7, 11) is 0. The average molecular weight is 280 g/mol. The first kappa shape index (κ1) is 14.1. The lowest BCUT2D eigenvalue weighted by Gasteiger charge is -2.38. The summed E-state index contributed by atoms with van der Waals surface area (Å²) in [6.07, 6.45) is 4.44. The van der Waals surface area contributed by atoms with Crippen LogP contribution in [-0.2, 0) is 9.59 Å². The first-order valence-corrected chi connectivity index (χ1v) is 6.38. The van der Waals surface area contributed by atoms with Gasteiger partial charge in [-0.15, -0.1) is 0 Å². The van der Waals surface area contributed by atoms with Crippen LogP contribution in [-0.4, -0.2) is 35.0 Å². The van der Waals surface area contributed by atoms with Gasteiger partial charge in [-0.05, 0) is 25.3 Å². The predicted molar refractivity (Wildman–Crippen MR) is 68.0 cm³/mol. The number of carbonyl (C=O) groups excluding carboxylic acids is 2. The zero-order chi connectivity index (χ0) is 14.6. The van der Waals surface area contributed by atoms with Gasteiger partial charge < -0.3 is 20.2 Å². The van der Waals surface area contributed by atoms with Crippen molar-refractivity contribution in [3.05, 3.63) is 24.2 Å². The molecule has 108 valence electrons. The second kappa shape index (κ2) is 5.77. The molecule has 20 heavy (non-hydrogen) atoms. The second-order valence-electron chi connectivity index (χ2n) is 4.81. The number of hydrogen-bond donors (Lipinski definition) is 3. The summed E-state index contributed by atoms with van der Waals surface area (Å²) < 4.78 is 4.77. The first-order chi connectivity index (χ1) is 9.53. The van der Waals surface area contributed by atoms with Crippen molar-refractivity contribution in [3.8, 4) is 0 Å². The van der Waals surface area contributed by atoms with Crippen molar-refractivity contribution >= 4 is 17.8 Å². The fraction of sp³-hybridized carbons (Fsp3) is 0.462. The fourth-order valence-corrected chi connectivity index (χ4v) is 2.04. The Bertz CT molecular complexity index is 505. The topological polar surface area (TPSA) is 109 Å². The first-order valence-electron chi connectivity index (χ1n) is 6.38. The van der Waals surface area contributed by atoms with Crippen molar-refractivity contribution in [3.63, 3.8) is 0 Å². The molecule has 0 aromatic carbocycles. The maximum Gasteiger partial charge on any atom is 0.329 e. The Balaban J connectivity index is 1.73. The Morgan fingerprint density at radius 3 is 2.60 bits per heavy atom. The summed E-state index contributed by atoms with van der Waals surface area (Å²) in [5.41, 5.74) is -0.725. The monoisotopic (exact) mass is 280 g/mol. The van der Waals surface area contributed by atoms with E-state index in [4.69, 9.17) is 9.52 Å². The van der Waals surface area contributed by atoms with Gasteiger partial charge in [-0.1, -0.05) is 0 Å². The molecule has 0 saturated heterocycles. The zero-order valence-electron chi connectivity index (χ0n) is 10.8. The summed E-state index contributed by atoms with van der Waals surface area (Å²) >= 11 is 0. The minimum Gasteiger partial charge on any atom is -0.480 e. The Morgan fingerprint density at radius 1 is 1.35 bits per heavy atom. The number of rotatable bonds is 6.